The highest BCUT2D eigenvalue weighted by Crippen LogP contribution is 2.46. The SMILES string of the molecule is CN(C)CCN(C1CCCCC1)S(=O)(=O)CC1(C#N)CC1. The number of nitriles is 1. The van der Waals surface area contributed by atoms with Crippen molar-refractivity contribution < 1.29 is 8.42 Å². The second kappa shape index (κ2) is 6.64. The Morgan fingerprint density at radius 3 is 2.24 bits per heavy atom. The lowest BCUT2D eigenvalue weighted by molar-refractivity contribution is 0.233. The minimum Gasteiger partial charge on any atom is -0.308 e. The topological polar surface area (TPSA) is 64.4 Å². The van der Waals surface area contributed by atoms with Gasteiger partial charge in [0, 0.05) is 19.1 Å². The largest absolute Gasteiger partial charge is 0.308 e. The van der Waals surface area contributed by atoms with Gasteiger partial charge in [0.25, 0.3) is 0 Å². The monoisotopic (exact) mass is 313 g/mol. The fourth-order valence-electron chi connectivity index (χ4n) is 3.09. The van der Waals surface area contributed by atoms with E-state index in [-0.39, 0.29) is 11.8 Å². The summed E-state index contributed by atoms with van der Waals surface area (Å²) in [5.74, 6) is 0.0143. The highest BCUT2D eigenvalue weighted by Gasteiger charge is 2.48. The second-order valence-electron chi connectivity index (χ2n) is 6.85. The lowest BCUT2D eigenvalue weighted by Crippen LogP contribution is -2.46. The van der Waals surface area contributed by atoms with Crippen molar-refractivity contribution in [1.82, 2.24) is 9.21 Å². The first-order valence-electron chi connectivity index (χ1n) is 7.94. The van der Waals surface area contributed by atoms with Crippen LogP contribution >= 0.6 is 0 Å². The summed E-state index contributed by atoms with van der Waals surface area (Å²) in [6.45, 7) is 1.27. The molecule has 0 aromatic carbocycles. The van der Waals surface area contributed by atoms with Crippen molar-refractivity contribution in [2.24, 2.45) is 5.41 Å². The van der Waals surface area contributed by atoms with Gasteiger partial charge in [0.2, 0.25) is 10.0 Å². The van der Waals surface area contributed by atoms with E-state index in [4.69, 9.17) is 0 Å². The molecule has 0 aliphatic heterocycles. The van der Waals surface area contributed by atoms with E-state index >= 15 is 0 Å². The molecular formula is C15H27N3O2S. The van der Waals surface area contributed by atoms with E-state index in [1.165, 1.54) is 6.42 Å². The van der Waals surface area contributed by atoms with E-state index < -0.39 is 15.4 Å². The van der Waals surface area contributed by atoms with E-state index in [1.54, 1.807) is 4.31 Å². The van der Waals surface area contributed by atoms with Gasteiger partial charge in [0.15, 0.2) is 0 Å². The number of likely N-dealkylation sites (N-methyl/N-ethyl adjacent to an activating group) is 1. The molecule has 120 valence electrons. The third kappa shape index (κ3) is 4.41. The summed E-state index contributed by atoms with van der Waals surface area (Å²) >= 11 is 0. The van der Waals surface area contributed by atoms with Crippen molar-refractivity contribution in [1.29, 1.82) is 5.26 Å². The molecule has 0 aromatic rings. The molecule has 0 atom stereocenters. The van der Waals surface area contributed by atoms with E-state index in [1.807, 2.05) is 19.0 Å². The van der Waals surface area contributed by atoms with Crippen molar-refractivity contribution in [3.8, 4) is 6.07 Å². The predicted octanol–water partition coefficient (Wildman–Crippen LogP) is 1.82. The fraction of sp³-hybridized carbons (Fsp3) is 0.933. The normalized spacial score (nSPS) is 22.4. The van der Waals surface area contributed by atoms with Crippen molar-refractivity contribution in [2.75, 3.05) is 32.9 Å². The first-order chi connectivity index (χ1) is 9.88. The molecule has 0 unspecified atom stereocenters. The highest BCUT2D eigenvalue weighted by molar-refractivity contribution is 7.89. The van der Waals surface area contributed by atoms with Crippen LogP contribution in [-0.2, 0) is 10.0 Å². The van der Waals surface area contributed by atoms with E-state index in [0.29, 0.717) is 6.54 Å². The molecule has 0 radical (unpaired) electrons. The van der Waals surface area contributed by atoms with Crippen LogP contribution in [0, 0.1) is 16.7 Å². The minimum atomic E-state index is -3.34. The van der Waals surface area contributed by atoms with Crippen LogP contribution in [0.25, 0.3) is 0 Å². The third-order valence-corrected chi connectivity index (χ3v) is 6.77. The minimum absolute atomic E-state index is 0.0143. The average molecular weight is 313 g/mol. The van der Waals surface area contributed by atoms with E-state index in [0.717, 1.165) is 45.1 Å². The summed E-state index contributed by atoms with van der Waals surface area (Å²) in [7, 11) is 0.582. The van der Waals surface area contributed by atoms with Crippen LogP contribution < -0.4 is 0 Å². The van der Waals surface area contributed by atoms with Gasteiger partial charge in [-0.3, -0.25) is 0 Å². The molecule has 0 amide bonds. The van der Waals surface area contributed by atoms with Gasteiger partial charge in [-0.25, -0.2) is 8.42 Å². The molecule has 2 aliphatic carbocycles. The second-order valence-corrected chi connectivity index (χ2v) is 8.78. The Morgan fingerprint density at radius 2 is 1.76 bits per heavy atom. The highest BCUT2D eigenvalue weighted by atomic mass is 32.2. The van der Waals surface area contributed by atoms with Gasteiger partial charge in [0.1, 0.15) is 0 Å². The van der Waals surface area contributed by atoms with Crippen LogP contribution in [0.5, 0.6) is 0 Å². The summed E-state index contributed by atoms with van der Waals surface area (Å²) in [6.07, 6.45) is 6.83. The summed E-state index contributed by atoms with van der Waals surface area (Å²) in [4.78, 5) is 2.02. The Balaban J connectivity index is 2.10. The van der Waals surface area contributed by atoms with Gasteiger partial charge in [-0.05, 0) is 39.8 Å². The molecule has 2 fully saturated rings. The van der Waals surface area contributed by atoms with E-state index in [9.17, 15) is 13.7 Å². The molecule has 0 bridgehead atoms. The summed E-state index contributed by atoms with van der Waals surface area (Å²) in [6, 6.07) is 2.35. The summed E-state index contributed by atoms with van der Waals surface area (Å²) in [5.41, 5.74) is -0.593. The molecule has 2 aliphatic rings. The Bertz CT molecular complexity index is 486. The van der Waals surface area contributed by atoms with Crippen LogP contribution in [0.4, 0.5) is 0 Å². The lowest BCUT2D eigenvalue weighted by atomic mass is 9.95. The number of hydrogen-bond donors (Lipinski definition) is 0. The van der Waals surface area contributed by atoms with Crippen LogP contribution in [0.3, 0.4) is 0 Å². The zero-order valence-electron chi connectivity index (χ0n) is 13.2. The third-order valence-electron chi connectivity index (χ3n) is 4.66. The Hall–Kier alpha value is -0.640. The molecular weight excluding hydrogens is 286 g/mol. The number of rotatable bonds is 7. The standard InChI is InChI=1S/C15H27N3O2S/c1-17(2)10-11-18(14-6-4-3-5-7-14)21(19,20)13-15(12-16)8-9-15/h14H,3-11,13H2,1-2H3. The van der Waals surface area contributed by atoms with Gasteiger partial charge in [-0.1, -0.05) is 19.3 Å². The predicted molar refractivity (Wildman–Crippen MR) is 83.2 cm³/mol. The molecule has 6 heteroatoms. The summed E-state index contributed by atoms with van der Waals surface area (Å²) in [5, 5.41) is 9.19. The van der Waals surface area contributed by atoms with Crippen molar-refractivity contribution in [2.45, 2.75) is 51.0 Å². The molecule has 5 nitrogen and oxygen atoms in total. The van der Waals surface area contributed by atoms with Crippen molar-refractivity contribution in [3.05, 3.63) is 0 Å². The maximum atomic E-state index is 12.8. The molecule has 2 saturated carbocycles. The molecule has 0 N–H and O–H groups in total. The maximum absolute atomic E-state index is 12.8. The zero-order valence-corrected chi connectivity index (χ0v) is 14.0. The summed E-state index contributed by atoms with van der Waals surface area (Å²) < 4.78 is 27.3. The van der Waals surface area contributed by atoms with Gasteiger partial charge in [0.05, 0.1) is 17.2 Å². The first-order valence-corrected chi connectivity index (χ1v) is 9.55. The van der Waals surface area contributed by atoms with Crippen molar-refractivity contribution in [3.63, 3.8) is 0 Å². The number of sulfonamides is 1. The molecule has 21 heavy (non-hydrogen) atoms. The smallest absolute Gasteiger partial charge is 0.215 e. The van der Waals surface area contributed by atoms with Crippen LogP contribution in [-0.4, -0.2) is 56.6 Å². The van der Waals surface area contributed by atoms with Gasteiger partial charge >= 0.3 is 0 Å². The Morgan fingerprint density at radius 1 is 1.14 bits per heavy atom. The van der Waals surface area contributed by atoms with Crippen LogP contribution in [0.2, 0.25) is 0 Å². The Labute approximate surface area is 129 Å². The van der Waals surface area contributed by atoms with Crippen molar-refractivity contribution >= 4 is 10.0 Å². The quantitative estimate of drug-likeness (QED) is 0.719. The lowest BCUT2D eigenvalue weighted by Gasteiger charge is -2.34. The number of hydrogen-bond acceptors (Lipinski definition) is 4. The average Bonchev–Trinajstić information content (AvgIpc) is 3.19. The number of nitrogens with zero attached hydrogens (tertiary/aromatic N) is 3. The molecule has 0 spiro atoms. The van der Waals surface area contributed by atoms with Gasteiger partial charge < -0.3 is 4.90 Å². The maximum Gasteiger partial charge on any atom is 0.215 e. The zero-order chi connectivity index (χ0) is 15.5. The molecule has 0 heterocycles. The first kappa shape index (κ1) is 16.7. The Kier molecular flexibility index (Phi) is 5.29. The van der Waals surface area contributed by atoms with Gasteiger partial charge in [-0.2, -0.15) is 9.57 Å². The molecule has 2 rings (SSSR count). The molecule has 0 saturated heterocycles. The van der Waals surface area contributed by atoms with Gasteiger partial charge in [-0.15, -0.1) is 0 Å². The fourth-order valence-corrected chi connectivity index (χ4v) is 5.33. The van der Waals surface area contributed by atoms with Crippen LogP contribution in [0.15, 0.2) is 0 Å². The molecule has 0 aromatic heterocycles. The van der Waals surface area contributed by atoms with Crippen LogP contribution in [0.1, 0.15) is 44.9 Å². The van der Waals surface area contributed by atoms with E-state index in [2.05, 4.69) is 6.07 Å².